The molecule has 0 spiro atoms. The van der Waals surface area contributed by atoms with Crippen molar-refractivity contribution >= 4 is 5.91 Å². The first-order chi connectivity index (χ1) is 8.84. The summed E-state index contributed by atoms with van der Waals surface area (Å²) in [6.07, 6.45) is 3.56. The van der Waals surface area contributed by atoms with Crippen LogP contribution in [0.2, 0.25) is 0 Å². The monoisotopic (exact) mass is 239 g/mol. The molecule has 90 valence electrons. The van der Waals surface area contributed by atoms with E-state index in [0.29, 0.717) is 18.1 Å². The van der Waals surface area contributed by atoms with Crippen LogP contribution in [0.5, 0.6) is 0 Å². The van der Waals surface area contributed by atoms with Crippen LogP contribution in [0.4, 0.5) is 0 Å². The number of rotatable bonds is 1. The lowest BCUT2D eigenvalue weighted by molar-refractivity contribution is 0.0951. The Labute approximate surface area is 105 Å². The van der Waals surface area contributed by atoms with E-state index >= 15 is 0 Å². The number of carbonyl (C=O) groups excluding carboxylic acids is 1. The first-order valence-corrected chi connectivity index (χ1v) is 6.04. The SMILES string of the molecule is O=C1NCCCc2cnc(-c3ccccc3)nc21. The van der Waals surface area contributed by atoms with Gasteiger partial charge >= 0.3 is 0 Å². The van der Waals surface area contributed by atoms with Gasteiger partial charge in [-0.3, -0.25) is 4.79 Å². The normalized spacial score (nSPS) is 14.6. The number of benzene rings is 1. The van der Waals surface area contributed by atoms with Crippen LogP contribution < -0.4 is 5.32 Å². The van der Waals surface area contributed by atoms with E-state index in [-0.39, 0.29) is 5.91 Å². The number of nitrogens with zero attached hydrogens (tertiary/aromatic N) is 2. The summed E-state index contributed by atoms with van der Waals surface area (Å²) in [6, 6.07) is 9.70. The second-order valence-corrected chi connectivity index (χ2v) is 4.29. The van der Waals surface area contributed by atoms with Gasteiger partial charge in [-0.05, 0) is 12.8 Å². The second-order valence-electron chi connectivity index (χ2n) is 4.29. The molecule has 3 rings (SSSR count). The molecule has 4 heteroatoms. The molecule has 1 aromatic heterocycles. The highest BCUT2D eigenvalue weighted by molar-refractivity contribution is 5.94. The van der Waals surface area contributed by atoms with Gasteiger partial charge in [0.25, 0.3) is 5.91 Å². The molecule has 18 heavy (non-hydrogen) atoms. The lowest BCUT2D eigenvalue weighted by Gasteiger charge is -2.05. The molecule has 1 aromatic carbocycles. The summed E-state index contributed by atoms with van der Waals surface area (Å²) < 4.78 is 0. The minimum atomic E-state index is -0.0953. The number of amides is 1. The average Bonchev–Trinajstić information content (AvgIpc) is 2.62. The van der Waals surface area contributed by atoms with Crippen LogP contribution in [-0.4, -0.2) is 22.4 Å². The molecular formula is C14H13N3O. The first-order valence-electron chi connectivity index (χ1n) is 6.04. The molecule has 1 amide bonds. The predicted molar refractivity (Wildman–Crippen MR) is 68.1 cm³/mol. The van der Waals surface area contributed by atoms with E-state index < -0.39 is 0 Å². The maximum atomic E-state index is 11.9. The van der Waals surface area contributed by atoms with Crippen LogP contribution in [0.25, 0.3) is 11.4 Å². The number of aromatic nitrogens is 2. The van der Waals surface area contributed by atoms with Gasteiger partial charge < -0.3 is 5.32 Å². The minimum Gasteiger partial charge on any atom is -0.351 e. The fourth-order valence-electron chi connectivity index (χ4n) is 2.08. The predicted octanol–water partition coefficient (Wildman–Crippen LogP) is 1.82. The molecule has 2 heterocycles. The smallest absolute Gasteiger partial charge is 0.270 e. The van der Waals surface area contributed by atoms with Crippen molar-refractivity contribution < 1.29 is 4.79 Å². The lowest BCUT2D eigenvalue weighted by Crippen LogP contribution is -2.23. The van der Waals surface area contributed by atoms with Gasteiger partial charge in [-0.2, -0.15) is 0 Å². The summed E-state index contributed by atoms with van der Waals surface area (Å²) in [4.78, 5) is 20.6. The van der Waals surface area contributed by atoms with E-state index in [4.69, 9.17) is 0 Å². The van der Waals surface area contributed by atoms with Crippen molar-refractivity contribution in [3.8, 4) is 11.4 Å². The molecule has 0 saturated carbocycles. The van der Waals surface area contributed by atoms with E-state index in [1.54, 1.807) is 6.20 Å². The summed E-state index contributed by atoms with van der Waals surface area (Å²) in [5.74, 6) is 0.508. The van der Waals surface area contributed by atoms with Gasteiger partial charge in [0, 0.05) is 23.9 Å². The van der Waals surface area contributed by atoms with Crippen molar-refractivity contribution in [1.82, 2.24) is 15.3 Å². The van der Waals surface area contributed by atoms with Crippen LogP contribution >= 0.6 is 0 Å². The van der Waals surface area contributed by atoms with E-state index in [2.05, 4.69) is 15.3 Å². The quantitative estimate of drug-likeness (QED) is 0.825. The molecule has 0 fully saturated rings. The molecule has 1 aliphatic rings. The maximum absolute atomic E-state index is 11.9. The number of hydrogen-bond donors (Lipinski definition) is 1. The third-order valence-corrected chi connectivity index (χ3v) is 3.02. The average molecular weight is 239 g/mol. The van der Waals surface area contributed by atoms with Gasteiger partial charge in [-0.1, -0.05) is 30.3 Å². The second kappa shape index (κ2) is 4.56. The van der Waals surface area contributed by atoms with Crippen molar-refractivity contribution in [3.05, 3.63) is 47.8 Å². The van der Waals surface area contributed by atoms with Crippen LogP contribution in [0.15, 0.2) is 36.5 Å². The van der Waals surface area contributed by atoms with E-state index in [1.165, 1.54) is 0 Å². The fourth-order valence-corrected chi connectivity index (χ4v) is 2.08. The molecule has 0 unspecified atom stereocenters. The fraction of sp³-hybridized carbons (Fsp3) is 0.214. The Morgan fingerprint density at radius 1 is 1.17 bits per heavy atom. The Hall–Kier alpha value is -2.23. The summed E-state index contributed by atoms with van der Waals surface area (Å²) in [7, 11) is 0. The van der Waals surface area contributed by atoms with Gasteiger partial charge in [0.2, 0.25) is 0 Å². The summed E-state index contributed by atoms with van der Waals surface area (Å²) in [5, 5.41) is 2.85. The molecule has 2 aromatic rings. The van der Waals surface area contributed by atoms with Crippen LogP contribution in [0.1, 0.15) is 22.5 Å². The van der Waals surface area contributed by atoms with Crippen molar-refractivity contribution in [1.29, 1.82) is 0 Å². The highest BCUT2D eigenvalue weighted by Crippen LogP contribution is 2.18. The molecule has 0 radical (unpaired) electrons. The lowest BCUT2D eigenvalue weighted by atomic mass is 10.1. The van der Waals surface area contributed by atoms with Crippen molar-refractivity contribution in [2.45, 2.75) is 12.8 Å². The molecule has 1 aliphatic heterocycles. The zero-order valence-electron chi connectivity index (χ0n) is 9.89. The number of fused-ring (bicyclic) bond motifs is 1. The largest absolute Gasteiger partial charge is 0.351 e. The van der Waals surface area contributed by atoms with Crippen LogP contribution in [0, 0.1) is 0 Å². The first kappa shape index (κ1) is 10.9. The molecule has 0 saturated heterocycles. The van der Waals surface area contributed by atoms with Gasteiger partial charge in [0.1, 0.15) is 5.69 Å². The molecule has 1 N–H and O–H groups in total. The molecule has 4 nitrogen and oxygen atoms in total. The third-order valence-electron chi connectivity index (χ3n) is 3.02. The third kappa shape index (κ3) is 1.97. The van der Waals surface area contributed by atoms with Gasteiger partial charge in [0.05, 0.1) is 0 Å². The van der Waals surface area contributed by atoms with Gasteiger partial charge in [-0.25, -0.2) is 9.97 Å². The van der Waals surface area contributed by atoms with E-state index in [0.717, 1.165) is 24.0 Å². The zero-order chi connectivity index (χ0) is 12.4. The van der Waals surface area contributed by atoms with Crippen LogP contribution in [-0.2, 0) is 6.42 Å². The van der Waals surface area contributed by atoms with E-state index in [1.807, 2.05) is 30.3 Å². The Balaban J connectivity index is 2.07. The molecule has 0 bridgehead atoms. The van der Waals surface area contributed by atoms with Gasteiger partial charge in [-0.15, -0.1) is 0 Å². The number of nitrogens with one attached hydrogen (secondary N) is 1. The summed E-state index contributed by atoms with van der Waals surface area (Å²) >= 11 is 0. The number of carbonyl (C=O) groups is 1. The van der Waals surface area contributed by atoms with Gasteiger partial charge in [0.15, 0.2) is 5.82 Å². The van der Waals surface area contributed by atoms with Crippen LogP contribution in [0.3, 0.4) is 0 Å². The Morgan fingerprint density at radius 2 is 2.00 bits per heavy atom. The number of hydrogen-bond acceptors (Lipinski definition) is 3. The minimum absolute atomic E-state index is 0.0953. The Bertz CT molecular complexity index is 581. The zero-order valence-corrected chi connectivity index (χ0v) is 9.89. The standard InChI is InChI=1S/C14H13N3O/c18-14-12-11(7-4-8-15-14)9-16-13(17-12)10-5-2-1-3-6-10/h1-3,5-6,9H,4,7-8H2,(H,15,18). The number of aryl methyl sites for hydroxylation is 1. The highest BCUT2D eigenvalue weighted by atomic mass is 16.1. The molecular weight excluding hydrogens is 226 g/mol. The molecule has 0 atom stereocenters. The summed E-state index contributed by atoms with van der Waals surface area (Å²) in [5.41, 5.74) is 2.38. The highest BCUT2D eigenvalue weighted by Gasteiger charge is 2.18. The Kier molecular flexibility index (Phi) is 2.76. The van der Waals surface area contributed by atoms with Crippen molar-refractivity contribution in [3.63, 3.8) is 0 Å². The Morgan fingerprint density at radius 3 is 2.83 bits per heavy atom. The maximum Gasteiger partial charge on any atom is 0.270 e. The topological polar surface area (TPSA) is 54.9 Å². The molecule has 0 aliphatic carbocycles. The van der Waals surface area contributed by atoms with E-state index in [9.17, 15) is 4.79 Å². The van der Waals surface area contributed by atoms with Crippen molar-refractivity contribution in [2.75, 3.05) is 6.54 Å². The van der Waals surface area contributed by atoms with Crippen molar-refractivity contribution in [2.24, 2.45) is 0 Å². The summed E-state index contributed by atoms with van der Waals surface area (Å²) in [6.45, 7) is 0.704.